The Labute approximate surface area is 136 Å². The Bertz CT molecular complexity index is 454. The van der Waals surface area contributed by atoms with E-state index < -0.39 is 0 Å². The van der Waals surface area contributed by atoms with Crippen LogP contribution in [0.25, 0.3) is 0 Å². The molecule has 0 bridgehead atoms. The van der Waals surface area contributed by atoms with Crippen LogP contribution in [-0.4, -0.2) is 28.3 Å². The standard InChI is InChI=1S/C17H24O2S2/c1-17(2,3)19-16(18)14-9-15(21-11-14)12-20-10-13-7-5-4-6-8-13/h4-8,14-15H,9-12H2,1-3H3. The second-order valence-electron chi connectivity index (χ2n) is 6.42. The van der Waals surface area contributed by atoms with Crippen LogP contribution in [0.4, 0.5) is 0 Å². The monoisotopic (exact) mass is 324 g/mol. The van der Waals surface area contributed by atoms with Gasteiger partial charge in [0, 0.05) is 22.5 Å². The summed E-state index contributed by atoms with van der Waals surface area (Å²) in [7, 11) is 0. The summed E-state index contributed by atoms with van der Waals surface area (Å²) >= 11 is 3.88. The van der Waals surface area contributed by atoms with Gasteiger partial charge in [0.15, 0.2) is 0 Å². The lowest BCUT2D eigenvalue weighted by atomic mass is 10.1. The molecule has 1 aromatic carbocycles. The van der Waals surface area contributed by atoms with Gasteiger partial charge in [-0.05, 0) is 32.8 Å². The van der Waals surface area contributed by atoms with Crippen LogP contribution < -0.4 is 0 Å². The van der Waals surface area contributed by atoms with E-state index in [1.807, 2.05) is 50.4 Å². The highest BCUT2D eigenvalue weighted by atomic mass is 32.2. The van der Waals surface area contributed by atoms with Crippen molar-refractivity contribution in [2.75, 3.05) is 11.5 Å². The van der Waals surface area contributed by atoms with Gasteiger partial charge in [0.2, 0.25) is 0 Å². The van der Waals surface area contributed by atoms with Gasteiger partial charge in [-0.3, -0.25) is 4.79 Å². The van der Waals surface area contributed by atoms with Crippen molar-refractivity contribution in [1.29, 1.82) is 0 Å². The number of carbonyl (C=O) groups excluding carboxylic acids is 1. The van der Waals surface area contributed by atoms with E-state index in [-0.39, 0.29) is 17.5 Å². The van der Waals surface area contributed by atoms with Gasteiger partial charge in [0.05, 0.1) is 5.92 Å². The van der Waals surface area contributed by atoms with Crippen LogP contribution in [0.15, 0.2) is 30.3 Å². The first-order chi connectivity index (χ1) is 9.94. The van der Waals surface area contributed by atoms with E-state index in [9.17, 15) is 4.79 Å². The Morgan fingerprint density at radius 1 is 1.33 bits per heavy atom. The van der Waals surface area contributed by atoms with E-state index in [0.717, 1.165) is 23.7 Å². The molecule has 21 heavy (non-hydrogen) atoms. The average Bonchev–Trinajstić information content (AvgIpc) is 2.87. The third kappa shape index (κ3) is 5.95. The highest BCUT2D eigenvalue weighted by Crippen LogP contribution is 2.35. The number of benzene rings is 1. The van der Waals surface area contributed by atoms with Crippen LogP contribution in [0.3, 0.4) is 0 Å². The molecule has 1 aliphatic rings. The zero-order valence-corrected chi connectivity index (χ0v) is 14.6. The van der Waals surface area contributed by atoms with Gasteiger partial charge < -0.3 is 4.74 Å². The third-order valence-electron chi connectivity index (χ3n) is 3.24. The molecule has 116 valence electrons. The van der Waals surface area contributed by atoms with Gasteiger partial charge in [-0.1, -0.05) is 30.3 Å². The lowest BCUT2D eigenvalue weighted by Crippen LogP contribution is -2.29. The minimum atomic E-state index is -0.373. The Morgan fingerprint density at radius 2 is 2.05 bits per heavy atom. The van der Waals surface area contributed by atoms with Crippen molar-refractivity contribution in [3.05, 3.63) is 35.9 Å². The first-order valence-electron chi connectivity index (χ1n) is 7.40. The van der Waals surface area contributed by atoms with E-state index in [4.69, 9.17) is 4.74 Å². The first kappa shape index (κ1) is 16.8. The Hall–Kier alpha value is -0.610. The van der Waals surface area contributed by atoms with Crippen molar-refractivity contribution in [1.82, 2.24) is 0 Å². The second kappa shape index (κ2) is 7.59. The largest absolute Gasteiger partial charge is 0.460 e. The quantitative estimate of drug-likeness (QED) is 0.751. The maximum absolute atomic E-state index is 12.1. The molecular weight excluding hydrogens is 300 g/mol. The molecule has 0 aliphatic carbocycles. The molecular formula is C17H24O2S2. The van der Waals surface area contributed by atoms with E-state index in [1.54, 1.807) is 0 Å². The minimum absolute atomic E-state index is 0.0226. The van der Waals surface area contributed by atoms with Crippen LogP contribution in [0.2, 0.25) is 0 Å². The normalized spacial score (nSPS) is 22.2. The number of thioether (sulfide) groups is 2. The fourth-order valence-electron chi connectivity index (χ4n) is 2.25. The molecule has 0 amide bonds. The molecule has 1 fully saturated rings. The molecule has 1 heterocycles. The number of esters is 1. The summed E-state index contributed by atoms with van der Waals surface area (Å²) in [6, 6.07) is 10.5. The SMILES string of the molecule is CC(C)(C)OC(=O)C1CSC(CSCc2ccccc2)C1. The lowest BCUT2D eigenvalue weighted by molar-refractivity contribution is -0.159. The van der Waals surface area contributed by atoms with Crippen LogP contribution in [0, 0.1) is 5.92 Å². The zero-order valence-electron chi connectivity index (χ0n) is 13.0. The Morgan fingerprint density at radius 3 is 2.71 bits per heavy atom. The molecule has 2 rings (SSSR count). The number of rotatable bonds is 5. The molecule has 0 saturated carbocycles. The van der Waals surface area contributed by atoms with E-state index in [2.05, 4.69) is 24.3 Å². The summed E-state index contributed by atoms with van der Waals surface area (Å²) in [5, 5.41) is 0.580. The fourth-order valence-corrected chi connectivity index (χ4v) is 5.02. The maximum atomic E-state index is 12.1. The van der Waals surface area contributed by atoms with Crippen molar-refractivity contribution < 1.29 is 9.53 Å². The van der Waals surface area contributed by atoms with Crippen LogP contribution in [0.1, 0.15) is 32.8 Å². The van der Waals surface area contributed by atoms with Gasteiger partial charge in [-0.2, -0.15) is 23.5 Å². The molecule has 1 saturated heterocycles. The second-order valence-corrected chi connectivity index (χ2v) is 8.79. The van der Waals surface area contributed by atoms with Crippen LogP contribution >= 0.6 is 23.5 Å². The highest BCUT2D eigenvalue weighted by molar-refractivity contribution is 8.03. The summed E-state index contributed by atoms with van der Waals surface area (Å²) in [5.74, 6) is 3.13. The molecule has 0 aromatic heterocycles. The maximum Gasteiger partial charge on any atom is 0.310 e. The van der Waals surface area contributed by atoms with Crippen molar-refractivity contribution >= 4 is 29.5 Å². The number of carbonyl (C=O) groups is 1. The van der Waals surface area contributed by atoms with Gasteiger partial charge in [-0.15, -0.1) is 0 Å². The third-order valence-corrected chi connectivity index (χ3v) is 6.05. The van der Waals surface area contributed by atoms with Crippen molar-refractivity contribution in [2.24, 2.45) is 5.92 Å². The van der Waals surface area contributed by atoms with E-state index in [0.29, 0.717) is 5.25 Å². The number of hydrogen-bond donors (Lipinski definition) is 0. The summed E-state index contributed by atoms with van der Waals surface area (Å²) in [5.41, 5.74) is 0.997. The first-order valence-corrected chi connectivity index (χ1v) is 9.60. The molecule has 1 aliphatic heterocycles. The van der Waals surface area contributed by atoms with Crippen molar-refractivity contribution in [2.45, 2.75) is 43.8 Å². The van der Waals surface area contributed by atoms with Crippen LogP contribution in [-0.2, 0) is 15.3 Å². The van der Waals surface area contributed by atoms with Crippen molar-refractivity contribution in [3.8, 4) is 0 Å². The topological polar surface area (TPSA) is 26.3 Å². The summed E-state index contributed by atoms with van der Waals surface area (Å²) in [4.78, 5) is 12.1. The molecule has 2 unspecified atom stereocenters. The van der Waals surface area contributed by atoms with Crippen molar-refractivity contribution in [3.63, 3.8) is 0 Å². The molecule has 4 heteroatoms. The van der Waals surface area contributed by atoms with E-state index >= 15 is 0 Å². The summed E-state index contributed by atoms with van der Waals surface area (Å²) in [6.07, 6.45) is 0.960. The van der Waals surface area contributed by atoms with Gasteiger partial charge in [-0.25, -0.2) is 0 Å². The van der Waals surface area contributed by atoms with Gasteiger partial charge in [0.25, 0.3) is 0 Å². The lowest BCUT2D eigenvalue weighted by Gasteiger charge is -2.21. The molecule has 1 aromatic rings. The predicted molar refractivity (Wildman–Crippen MR) is 92.8 cm³/mol. The smallest absolute Gasteiger partial charge is 0.310 e. The Kier molecular flexibility index (Phi) is 6.06. The average molecular weight is 325 g/mol. The molecule has 2 atom stereocenters. The fraction of sp³-hybridized carbons (Fsp3) is 0.588. The van der Waals surface area contributed by atoms with Gasteiger partial charge >= 0.3 is 5.97 Å². The van der Waals surface area contributed by atoms with Gasteiger partial charge in [0.1, 0.15) is 5.60 Å². The predicted octanol–water partition coefficient (Wildman–Crippen LogP) is 4.38. The number of ether oxygens (including phenoxy) is 1. The summed E-state index contributed by atoms with van der Waals surface area (Å²) in [6.45, 7) is 5.79. The number of hydrogen-bond acceptors (Lipinski definition) is 4. The zero-order chi connectivity index (χ0) is 15.3. The molecule has 2 nitrogen and oxygen atoms in total. The molecule has 0 spiro atoms. The summed E-state index contributed by atoms with van der Waals surface area (Å²) < 4.78 is 5.48. The minimum Gasteiger partial charge on any atom is -0.460 e. The highest BCUT2D eigenvalue weighted by Gasteiger charge is 2.33. The van der Waals surface area contributed by atoms with Crippen LogP contribution in [0.5, 0.6) is 0 Å². The molecule has 0 radical (unpaired) electrons. The Balaban J connectivity index is 1.69. The van der Waals surface area contributed by atoms with E-state index in [1.165, 1.54) is 5.56 Å². The molecule has 0 N–H and O–H groups in total.